The van der Waals surface area contributed by atoms with Crippen molar-refractivity contribution in [3.8, 4) is 6.07 Å². The quantitative estimate of drug-likeness (QED) is 0.832. The summed E-state index contributed by atoms with van der Waals surface area (Å²) in [4.78, 5) is 0. The summed E-state index contributed by atoms with van der Waals surface area (Å²) in [7, 11) is -1.23. The van der Waals surface area contributed by atoms with Crippen LogP contribution in [0.5, 0.6) is 0 Å². The van der Waals surface area contributed by atoms with Gasteiger partial charge in [-0.2, -0.15) is 5.26 Å². The van der Waals surface area contributed by atoms with Crippen molar-refractivity contribution in [2.45, 2.75) is 37.9 Å². The van der Waals surface area contributed by atoms with Crippen LogP contribution in [0.3, 0.4) is 0 Å². The SMILES string of the molecule is CC(C)(C)[S@@](=O)C[C@@](C)(C#N)c1cc(Br)ccc1F. The highest BCUT2D eigenvalue weighted by molar-refractivity contribution is 9.10. The molecule has 0 spiro atoms. The van der Waals surface area contributed by atoms with E-state index in [9.17, 15) is 13.9 Å². The summed E-state index contributed by atoms with van der Waals surface area (Å²) in [6.45, 7) is 7.16. The molecule has 0 heterocycles. The van der Waals surface area contributed by atoms with Crippen LogP contribution in [0.2, 0.25) is 0 Å². The van der Waals surface area contributed by atoms with E-state index in [-0.39, 0.29) is 11.3 Å². The molecule has 19 heavy (non-hydrogen) atoms. The lowest BCUT2D eigenvalue weighted by Crippen LogP contribution is -2.35. The van der Waals surface area contributed by atoms with Gasteiger partial charge >= 0.3 is 0 Å². The summed E-state index contributed by atoms with van der Waals surface area (Å²) in [6, 6.07) is 6.59. The van der Waals surface area contributed by atoms with Gasteiger partial charge < -0.3 is 0 Å². The first-order chi connectivity index (χ1) is 8.60. The molecule has 0 aromatic heterocycles. The number of hydrogen-bond donors (Lipinski definition) is 0. The van der Waals surface area contributed by atoms with Gasteiger partial charge in [-0.15, -0.1) is 0 Å². The van der Waals surface area contributed by atoms with Crippen molar-refractivity contribution in [3.05, 3.63) is 34.1 Å². The minimum Gasteiger partial charge on any atom is -0.259 e. The van der Waals surface area contributed by atoms with Gasteiger partial charge in [0.2, 0.25) is 0 Å². The predicted octanol–water partition coefficient (Wildman–Crippen LogP) is 3.92. The molecule has 5 heteroatoms. The Bertz CT molecular complexity index is 547. The fourth-order valence-electron chi connectivity index (χ4n) is 1.57. The van der Waals surface area contributed by atoms with Gasteiger partial charge in [-0.1, -0.05) is 15.9 Å². The van der Waals surface area contributed by atoms with Crippen molar-refractivity contribution in [3.63, 3.8) is 0 Å². The van der Waals surface area contributed by atoms with Crippen LogP contribution in [-0.2, 0) is 16.2 Å². The first kappa shape index (κ1) is 16.3. The zero-order chi connectivity index (χ0) is 14.8. The summed E-state index contributed by atoms with van der Waals surface area (Å²) in [5, 5.41) is 9.40. The maximum Gasteiger partial charge on any atom is 0.128 e. The standard InChI is InChI=1S/C14H17BrFNOS/c1-13(2,3)19(18)9-14(4,8-17)11-7-10(15)5-6-12(11)16/h5-7H,9H2,1-4H3/t14-,19+/m1/s1. The van der Waals surface area contributed by atoms with Crippen LogP contribution in [0, 0.1) is 17.1 Å². The minimum absolute atomic E-state index is 0.111. The molecule has 0 aliphatic heterocycles. The van der Waals surface area contributed by atoms with E-state index in [1.54, 1.807) is 19.1 Å². The average Bonchev–Trinajstić information content (AvgIpc) is 2.30. The molecule has 0 fully saturated rings. The van der Waals surface area contributed by atoms with E-state index in [4.69, 9.17) is 0 Å². The molecular weight excluding hydrogens is 329 g/mol. The van der Waals surface area contributed by atoms with Crippen molar-refractivity contribution in [1.29, 1.82) is 5.26 Å². The largest absolute Gasteiger partial charge is 0.259 e. The molecule has 2 atom stereocenters. The fourth-order valence-corrected chi connectivity index (χ4v) is 3.11. The van der Waals surface area contributed by atoms with Gasteiger partial charge in [-0.05, 0) is 45.9 Å². The molecule has 0 unspecified atom stereocenters. The Labute approximate surface area is 124 Å². The molecule has 0 bridgehead atoms. The molecule has 0 aliphatic carbocycles. The van der Waals surface area contributed by atoms with Gasteiger partial charge in [0.1, 0.15) is 5.82 Å². The lowest BCUT2D eigenvalue weighted by Gasteiger charge is -2.27. The van der Waals surface area contributed by atoms with E-state index >= 15 is 0 Å². The van der Waals surface area contributed by atoms with E-state index in [0.717, 1.165) is 0 Å². The third-order valence-electron chi connectivity index (χ3n) is 2.87. The van der Waals surface area contributed by atoms with E-state index in [1.165, 1.54) is 6.07 Å². The van der Waals surface area contributed by atoms with Crippen LogP contribution in [0.15, 0.2) is 22.7 Å². The Kier molecular flexibility index (Phi) is 4.91. The van der Waals surface area contributed by atoms with Crippen molar-refractivity contribution in [1.82, 2.24) is 0 Å². The summed E-state index contributed by atoms with van der Waals surface area (Å²) >= 11 is 3.27. The van der Waals surface area contributed by atoms with Crippen molar-refractivity contribution < 1.29 is 8.60 Å². The molecule has 1 aromatic rings. The highest BCUT2D eigenvalue weighted by Crippen LogP contribution is 2.31. The van der Waals surface area contributed by atoms with Gasteiger partial charge in [0.05, 0.1) is 11.5 Å². The second-order valence-electron chi connectivity index (χ2n) is 5.67. The molecular formula is C14H17BrFNOS. The number of benzene rings is 1. The lowest BCUT2D eigenvalue weighted by atomic mass is 9.86. The molecule has 0 aliphatic rings. The van der Waals surface area contributed by atoms with Crippen LogP contribution in [0.25, 0.3) is 0 Å². The van der Waals surface area contributed by atoms with E-state index < -0.39 is 26.8 Å². The normalized spacial score (nSPS) is 16.5. The average molecular weight is 346 g/mol. The van der Waals surface area contributed by atoms with Crippen LogP contribution < -0.4 is 0 Å². The minimum atomic E-state index is -1.23. The number of rotatable bonds is 3. The Hall–Kier alpha value is -0.730. The first-order valence-corrected chi connectivity index (χ1v) is 7.96. The lowest BCUT2D eigenvalue weighted by molar-refractivity contribution is 0.560. The van der Waals surface area contributed by atoms with E-state index in [2.05, 4.69) is 22.0 Å². The number of hydrogen-bond acceptors (Lipinski definition) is 2. The third-order valence-corrected chi connectivity index (χ3v) is 5.57. The van der Waals surface area contributed by atoms with Gasteiger partial charge in [-0.25, -0.2) is 4.39 Å². The maximum absolute atomic E-state index is 13.9. The molecule has 0 radical (unpaired) electrons. The summed E-state index contributed by atoms with van der Waals surface area (Å²) in [5.74, 6) is -0.335. The first-order valence-electron chi connectivity index (χ1n) is 5.85. The molecule has 1 rings (SSSR count). The van der Waals surface area contributed by atoms with Gasteiger partial charge in [0, 0.05) is 31.3 Å². The predicted molar refractivity (Wildman–Crippen MR) is 79.8 cm³/mol. The molecule has 1 aromatic carbocycles. The van der Waals surface area contributed by atoms with E-state index in [1.807, 2.05) is 20.8 Å². The Morgan fingerprint density at radius 3 is 2.42 bits per heavy atom. The molecule has 104 valence electrons. The van der Waals surface area contributed by atoms with Gasteiger partial charge in [0.25, 0.3) is 0 Å². The summed E-state index contributed by atoms with van der Waals surface area (Å²) in [5.41, 5.74) is -0.826. The second-order valence-corrected chi connectivity index (χ2v) is 8.79. The van der Waals surface area contributed by atoms with Crippen molar-refractivity contribution in [2.24, 2.45) is 0 Å². The highest BCUT2D eigenvalue weighted by atomic mass is 79.9. The smallest absolute Gasteiger partial charge is 0.128 e. The molecule has 0 saturated heterocycles. The highest BCUT2D eigenvalue weighted by Gasteiger charge is 2.35. The monoisotopic (exact) mass is 345 g/mol. The number of nitriles is 1. The summed E-state index contributed by atoms with van der Waals surface area (Å²) in [6.07, 6.45) is 0. The van der Waals surface area contributed by atoms with Gasteiger partial charge in [0.15, 0.2) is 0 Å². The van der Waals surface area contributed by atoms with Gasteiger partial charge in [-0.3, -0.25) is 4.21 Å². The molecule has 2 nitrogen and oxygen atoms in total. The van der Waals surface area contributed by atoms with Crippen LogP contribution in [0.1, 0.15) is 33.3 Å². The zero-order valence-electron chi connectivity index (χ0n) is 11.5. The zero-order valence-corrected chi connectivity index (χ0v) is 13.9. The Morgan fingerprint density at radius 2 is 1.95 bits per heavy atom. The summed E-state index contributed by atoms with van der Waals surface area (Å²) < 4.78 is 26.4. The Balaban J connectivity index is 3.22. The Morgan fingerprint density at radius 1 is 1.37 bits per heavy atom. The molecule has 0 saturated carbocycles. The fraction of sp³-hybridized carbons (Fsp3) is 0.500. The third kappa shape index (κ3) is 3.87. The van der Waals surface area contributed by atoms with Crippen LogP contribution >= 0.6 is 15.9 Å². The number of nitrogens with zero attached hydrogens (tertiary/aromatic N) is 1. The van der Waals surface area contributed by atoms with Crippen molar-refractivity contribution >= 4 is 26.7 Å². The van der Waals surface area contributed by atoms with Crippen LogP contribution in [0.4, 0.5) is 4.39 Å². The molecule has 0 N–H and O–H groups in total. The number of halogens is 2. The molecule has 0 amide bonds. The topological polar surface area (TPSA) is 40.9 Å². The van der Waals surface area contributed by atoms with Crippen molar-refractivity contribution in [2.75, 3.05) is 5.75 Å². The van der Waals surface area contributed by atoms with Crippen LogP contribution in [-0.4, -0.2) is 14.7 Å². The maximum atomic E-state index is 13.9. The van der Waals surface area contributed by atoms with E-state index in [0.29, 0.717) is 4.47 Å². The second kappa shape index (κ2) is 5.72.